The van der Waals surface area contributed by atoms with Crippen molar-refractivity contribution in [2.24, 2.45) is 0 Å². The minimum atomic E-state index is 0.202. The van der Waals surface area contributed by atoms with E-state index in [1.165, 1.54) is 44.5 Å². The van der Waals surface area contributed by atoms with Gasteiger partial charge < -0.3 is 0 Å². The van der Waals surface area contributed by atoms with E-state index in [1.54, 1.807) is 0 Å². The molecule has 1 atom stereocenters. The molecule has 154 valence electrons. The lowest BCUT2D eigenvalue weighted by molar-refractivity contribution is 0.978. The van der Waals surface area contributed by atoms with E-state index < -0.39 is 0 Å². The molecule has 0 aromatic heterocycles. The van der Waals surface area contributed by atoms with Crippen LogP contribution in [0.3, 0.4) is 0 Å². The fourth-order valence-corrected chi connectivity index (χ4v) is 4.34. The molecule has 0 aliphatic heterocycles. The van der Waals surface area contributed by atoms with Gasteiger partial charge in [-0.05, 0) is 45.9 Å². The molecule has 0 aliphatic carbocycles. The predicted molar refractivity (Wildman–Crippen MR) is 136 cm³/mol. The standard InChI is InChI=1S/C32H26/c1-24-12-14-26(15-13-24)28-18-22-31(23-19-28)32(29-10-6-3-7-11-29)30-20-16-27(17-21-30)25-8-4-2-5-9-25/h2-23,32H,1H3. The summed E-state index contributed by atoms with van der Waals surface area (Å²) in [4.78, 5) is 0. The van der Waals surface area contributed by atoms with Crippen molar-refractivity contribution in [3.05, 3.63) is 156 Å². The average molecular weight is 411 g/mol. The zero-order valence-electron chi connectivity index (χ0n) is 18.3. The van der Waals surface area contributed by atoms with Gasteiger partial charge in [0.2, 0.25) is 0 Å². The lowest BCUT2D eigenvalue weighted by Crippen LogP contribution is -2.03. The molecule has 0 fully saturated rings. The lowest BCUT2D eigenvalue weighted by atomic mass is 9.84. The Morgan fingerprint density at radius 3 is 1.16 bits per heavy atom. The van der Waals surface area contributed by atoms with Crippen molar-refractivity contribution < 1.29 is 0 Å². The molecule has 0 nitrogen and oxygen atoms in total. The van der Waals surface area contributed by atoms with Gasteiger partial charge in [-0.1, -0.05) is 139 Å². The van der Waals surface area contributed by atoms with Gasteiger partial charge in [0, 0.05) is 5.92 Å². The van der Waals surface area contributed by atoms with Crippen LogP contribution in [0.2, 0.25) is 0 Å². The first-order chi connectivity index (χ1) is 15.8. The molecule has 5 rings (SSSR count). The summed E-state index contributed by atoms with van der Waals surface area (Å²) in [5, 5.41) is 0. The summed E-state index contributed by atoms with van der Waals surface area (Å²) >= 11 is 0. The van der Waals surface area contributed by atoms with Gasteiger partial charge in [0.1, 0.15) is 0 Å². The van der Waals surface area contributed by atoms with E-state index in [4.69, 9.17) is 0 Å². The molecular formula is C32H26. The third kappa shape index (κ3) is 4.26. The maximum atomic E-state index is 2.28. The first-order valence-electron chi connectivity index (χ1n) is 11.2. The lowest BCUT2D eigenvalue weighted by Gasteiger charge is -2.20. The van der Waals surface area contributed by atoms with Crippen LogP contribution in [0.1, 0.15) is 28.2 Å². The topological polar surface area (TPSA) is 0 Å². The SMILES string of the molecule is Cc1ccc(-c2ccc(C(c3ccccc3)c3ccc(-c4ccccc4)cc3)cc2)cc1. The Morgan fingerprint density at radius 2 is 0.688 bits per heavy atom. The Labute approximate surface area is 190 Å². The minimum Gasteiger partial charge on any atom is -0.0622 e. The Kier molecular flexibility index (Phi) is 5.68. The summed E-state index contributed by atoms with van der Waals surface area (Å²) < 4.78 is 0. The third-order valence-electron chi connectivity index (χ3n) is 6.11. The molecule has 0 bridgehead atoms. The number of rotatable bonds is 5. The minimum absolute atomic E-state index is 0.202. The van der Waals surface area contributed by atoms with Crippen molar-refractivity contribution in [1.29, 1.82) is 0 Å². The highest BCUT2D eigenvalue weighted by Gasteiger charge is 2.17. The third-order valence-corrected chi connectivity index (χ3v) is 6.11. The van der Waals surface area contributed by atoms with Gasteiger partial charge >= 0.3 is 0 Å². The maximum Gasteiger partial charge on any atom is 0.0340 e. The molecule has 0 N–H and O–H groups in total. The van der Waals surface area contributed by atoms with Crippen molar-refractivity contribution in [3.63, 3.8) is 0 Å². The zero-order chi connectivity index (χ0) is 21.8. The van der Waals surface area contributed by atoms with Gasteiger partial charge in [-0.25, -0.2) is 0 Å². The predicted octanol–water partition coefficient (Wildman–Crippen LogP) is 8.51. The Morgan fingerprint density at radius 1 is 0.344 bits per heavy atom. The van der Waals surface area contributed by atoms with E-state index in [1.807, 2.05) is 0 Å². The maximum absolute atomic E-state index is 2.28. The molecule has 32 heavy (non-hydrogen) atoms. The molecule has 5 aromatic carbocycles. The van der Waals surface area contributed by atoms with Crippen LogP contribution < -0.4 is 0 Å². The Bertz CT molecular complexity index is 1260. The molecule has 5 aromatic rings. The van der Waals surface area contributed by atoms with Gasteiger partial charge in [0.05, 0.1) is 0 Å². The normalized spacial score (nSPS) is 11.8. The highest BCUT2D eigenvalue weighted by molar-refractivity contribution is 5.66. The first kappa shape index (κ1) is 20.0. The Hall–Kier alpha value is -3.90. The van der Waals surface area contributed by atoms with Crippen LogP contribution in [0.5, 0.6) is 0 Å². The van der Waals surface area contributed by atoms with Crippen LogP contribution >= 0.6 is 0 Å². The second-order valence-corrected chi connectivity index (χ2v) is 8.32. The van der Waals surface area contributed by atoms with Crippen LogP contribution in [0.15, 0.2) is 133 Å². The smallest absolute Gasteiger partial charge is 0.0340 e. The fraction of sp³-hybridized carbons (Fsp3) is 0.0625. The molecule has 0 heteroatoms. The van der Waals surface area contributed by atoms with Crippen LogP contribution in [0, 0.1) is 6.92 Å². The van der Waals surface area contributed by atoms with Crippen molar-refractivity contribution in [2.75, 3.05) is 0 Å². The second-order valence-electron chi connectivity index (χ2n) is 8.32. The van der Waals surface area contributed by atoms with Gasteiger partial charge in [0.25, 0.3) is 0 Å². The van der Waals surface area contributed by atoms with E-state index in [9.17, 15) is 0 Å². The summed E-state index contributed by atoms with van der Waals surface area (Å²) in [6, 6.07) is 48.1. The van der Waals surface area contributed by atoms with Crippen molar-refractivity contribution in [3.8, 4) is 22.3 Å². The number of benzene rings is 5. The Balaban J connectivity index is 1.51. The van der Waals surface area contributed by atoms with Gasteiger partial charge in [0.15, 0.2) is 0 Å². The molecule has 0 heterocycles. The number of hydrogen-bond acceptors (Lipinski definition) is 0. The van der Waals surface area contributed by atoms with Crippen LogP contribution in [0.25, 0.3) is 22.3 Å². The van der Waals surface area contributed by atoms with Crippen molar-refractivity contribution >= 4 is 0 Å². The van der Waals surface area contributed by atoms with Crippen molar-refractivity contribution in [1.82, 2.24) is 0 Å². The summed E-state index contributed by atoms with van der Waals surface area (Å²) in [7, 11) is 0. The van der Waals surface area contributed by atoms with E-state index >= 15 is 0 Å². The molecule has 0 saturated carbocycles. The highest BCUT2D eigenvalue weighted by Crippen LogP contribution is 2.34. The molecule has 0 saturated heterocycles. The quantitative estimate of drug-likeness (QED) is 0.255. The molecule has 0 radical (unpaired) electrons. The second kappa shape index (κ2) is 9.08. The monoisotopic (exact) mass is 410 g/mol. The molecule has 1 unspecified atom stereocenters. The summed E-state index contributed by atoms with van der Waals surface area (Å²) in [5.74, 6) is 0.202. The molecular weight excluding hydrogens is 384 g/mol. The van der Waals surface area contributed by atoms with E-state index in [2.05, 4.69) is 140 Å². The van der Waals surface area contributed by atoms with Crippen LogP contribution in [-0.4, -0.2) is 0 Å². The molecule has 0 spiro atoms. The van der Waals surface area contributed by atoms with Gasteiger partial charge in [-0.3, -0.25) is 0 Å². The summed E-state index contributed by atoms with van der Waals surface area (Å²) in [6.07, 6.45) is 0. The average Bonchev–Trinajstić information content (AvgIpc) is 2.87. The van der Waals surface area contributed by atoms with E-state index in [-0.39, 0.29) is 5.92 Å². The summed E-state index contributed by atoms with van der Waals surface area (Å²) in [6.45, 7) is 2.13. The first-order valence-corrected chi connectivity index (χ1v) is 11.2. The summed E-state index contributed by atoms with van der Waals surface area (Å²) in [5.41, 5.74) is 10.2. The van der Waals surface area contributed by atoms with Crippen LogP contribution in [-0.2, 0) is 0 Å². The number of hydrogen-bond donors (Lipinski definition) is 0. The van der Waals surface area contributed by atoms with Crippen molar-refractivity contribution in [2.45, 2.75) is 12.8 Å². The van der Waals surface area contributed by atoms with Gasteiger partial charge in [-0.2, -0.15) is 0 Å². The van der Waals surface area contributed by atoms with E-state index in [0.717, 1.165) is 0 Å². The fourth-order valence-electron chi connectivity index (χ4n) is 4.34. The van der Waals surface area contributed by atoms with Gasteiger partial charge in [-0.15, -0.1) is 0 Å². The van der Waals surface area contributed by atoms with E-state index in [0.29, 0.717) is 0 Å². The molecule has 0 amide bonds. The van der Waals surface area contributed by atoms with Crippen LogP contribution in [0.4, 0.5) is 0 Å². The largest absolute Gasteiger partial charge is 0.0622 e. The highest BCUT2D eigenvalue weighted by atomic mass is 14.2. The zero-order valence-corrected chi connectivity index (χ0v) is 18.3. The number of aryl methyl sites for hydroxylation is 1. The molecule has 0 aliphatic rings.